The molecule has 2 aromatic heterocycles. The second kappa shape index (κ2) is 9.83. The molecule has 7 nitrogen and oxygen atoms in total. The summed E-state index contributed by atoms with van der Waals surface area (Å²) >= 11 is 1.36. The SMILES string of the molecule is Cc1nn(Cc2ccc(F)cc2)c2sc(C(=O)NCCCNC(=O)c3cccc(O)c3)cc12. The molecule has 0 saturated carbocycles. The Morgan fingerprint density at radius 2 is 1.79 bits per heavy atom. The van der Waals surface area contributed by atoms with Gasteiger partial charge in [-0.25, -0.2) is 4.39 Å². The number of rotatable bonds is 8. The van der Waals surface area contributed by atoms with Gasteiger partial charge in [-0.1, -0.05) is 18.2 Å². The van der Waals surface area contributed by atoms with Gasteiger partial charge in [0.05, 0.1) is 17.1 Å². The molecule has 2 amide bonds. The Balaban J connectivity index is 1.31. The fourth-order valence-electron chi connectivity index (χ4n) is 3.42. The number of nitrogens with one attached hydrogen (secondary N) is 2. The largest absolute Gasteiger partial charge is 0.508 e. The molecule has 0 bridgehead atoms. The molecular formula is C24H23FN4O3S. The van der Waals surface area contributed by atoms with E-state index in [1.54, 1.807) is 24.3 Å². The molecule has 0 unspecified atom stereocenters. The van der Waals surface area contributed by atoms with Gasteiger partial charge in [0, 0.05) is 24.0 Å². The normalized spacial score (nSPS) is 11.0. The van der Waals surface area contributed by atoms with Crippen LogP contribution in [0.1, 0.15) is 37.7 Å². The molecule has 0 aliphatic carbocycles. The summed E-state index contributed by atoms with van der Waals surface area (Å²) in [6.07, 6.45) is 0.568. The zero-order valence-corrected chi connectivity index (χ0v) is 18.8. The number of aromatic nitrogens is 2. The third-order valence-corrected chi connectivity index (χ3v) is 6.26. The number of amides is 2. The van der Waals surface area contributed by atoms with Crippen molar-refractivity contribution in [2.75, 3.05) is 13.1 Å². The molecule has 2 heterocycles. The molecule has 4 rings (SSSR count). The molecule has 9 heteroatoms. The number of phenolic OH excluding ortho intramolecular Hbond substituents is 1. The van der Waals surface area contributed by atoms with Gasteiger partial charge in [-0.2, -0.15) is 5.10 Å². The summed E-state index contributed by atoms with van der Waals surface area (Å²) in [7, 11) is 0. The second-order valence-corrected chi connectivity index (χ2v) is 8.65. The Hall–Kier alpha value is -3.72. The summed E-state index contributed by atoms with van der Waals surface area (Å²) in [5.74, 6) is -0.699. The fourth-order valence-corrected chi connectivity index (χ4v) is 4.50. The minimum Gasteiger partial charge on any atom is -0.508 e. The van der Waals surface area contributed by atoms with E-state index < -0.39 is 0 Å². The predicted octanol–water partition coefficient (Wildman–Crippen LogP) is 3.85. The molecule has 0 saturated heterocycles. The number of hydrogen-bond donors (Lipinski definition) is 3. The first-order valence-corrected chi connectivity index (χ1v) is 11.3. The summed E-state index contributed by atoms with van der Waals surface area (Å²) in [6.45, 7) is 3.19. The van der Waals surface area contributed by atoms with Crippen LogP contribution in [0.25, 0.3) is 10.2 Å². The molecule has 0 aliphatic rings. The first-order chi connectivity index (χ1) is 15.9. The smallest absolute Gasteiger partial charge is 0.261 e. The van der Waals surface area contributed by atoms with Crippen molar-refractivity contribution in [2.24, 2.45) is 0 Å². The van der Waals surface area contributed by atoms with Crippen LogP contribution in [0.4, 0.5) is 4.39 Å². The summed E-state index contributed by atoms with van der Waals surface area (Å²) in [4.78, 5) is 26.1. The van der Waals surface area contributed by atoms with Crippen molar-refractivity contribution >= 4 is 33.4 Å². The lowest BCUT2D eigenvalue weighted by atomic mass is 10.2. The average Bonchev–Trinajstić information content (AvgIpc) is 3.36. The van der Waals surface area contributed by atoms with Gasteiger partial charge in [0.15, 0.2) is 0 Å². The average molecular weight is 467 g/mol. The highest BCUT2D eigenvalue weighted by atomic mass is 32.1. The van der Waals surface area contributed by atoms with E-state index >= 15 is 0 Å². The van der Waals surface area contributed by atoms with Crippen LogP contribution in [-0.4, -0.2) is 39.8 Å². The number of carbonyl (C=O) groups is 2. The highest BCUT2D eigenvalue weighted by molar-refractivity contribution is 7.20. The van der Waals surface area contributed by atoms with Crippen LogP contribution in [0, 0.1) is 12.7 Å². The van der Waals surface area contributed by atoms with Crippen molar-refractivity contribution < 1.29 is 19.1 Å². The lowest BCUT2D eigenvalue weighted by Gasteiger charge is -2.06. The topological polar surface area (TPSA) is 96.3 Å². The van der Waals surface area contributed by atoms with Gasteiger partial charge in [-0.05, 0) is 55.3 Å². The van der Waals surface area contributed by atoms with Gasteiger partial charge in [0.25, 0.3) is 11.8 Å². The van der Waals surface area contributed by atoms with Gasteiger partial charge >= 0.3 is 0 Å². The number of thiophene rings is 1. The fraction of sp³-hybridized carbons (Fsp3) is 0.208. The van der Waals surface area contributed by atoms with E-state index in [1.165, 1.54) is 35.6 Å². The van der Waals surface area contributed by atoms with Crippen molar-refractivity contribution in [3.8, 4) is 5.75 Å². The molecule has 33 heavy (non-hydrogen) atoms. The van der Waals surface area contributed by atoms with Crippen LogP contribution in [0.3, 0.4) is 0 Å². The number of nitrogens with zero attached hydrogens (tertiary/aromatic N) is 2. The van der Waals surface area contributed by atoms with Crippen LogP contribution in [0.2, 0.25) is 0 Å². The zero-order valence-electron chi connectivity index (χ0n) is 18.0. The Morgan fingerprint density at radius 1 is 1.06 bits per heavy atom. The predicted molar refractivity (Wildman–Crippen MR) is 125 cm³/mol. The number of phenols is 1. The quantitative estimate of drug-likeness (QED) is 0.344. The number of aryl methyl sites for hydroxylation is 1. The van der Waals surface area contributed by atoms with Crippen molar-refractivity contribution in [2.45, 2.75) is 19.9 Å². The maximum atomic E-state index is 13.2. The molecule has 4 aromatic rings. The Labute approximate surface area is 193 Å². The van der Waals surface area contributed by atoms with Gasteiger partial charge in [0.1, 0.15) is 16.4 Å². The Bertz CT molecular complexity index is 1300. The summed E-state index contributed by atoms with van der Waals surface area (Å²) in [5.41, 5.74) is 2.14. The minimum absolute atomic E-state index is 0.0364. The van der Waals surface area contributed by atoms with Crippen LogP contribution < -0.4 is 10.6 Å². The molecular weight excluding hydrogens is 443 g/mol. The van der Waals surface area contributed by atoms with Crippen LogP contribution in [0.5, 0.6) is 5.75 Å². The molecule has 0 atom stereocenters. The lowest BCUT2D eigenvalue weighted by Crippen LogP contribution is -2.29. The van der Waals surface area contributed by atoms with Crippen LogP contribution in [-0.2, 0) is 6.54 Å². The number of hydrogen-bond acceptors (Lipinski definition) is 5. The van der Waals surface area contributed by atoms with E-state index in [-0.39, 0.29) is 23.4 Å². The standard InChI is InChI=1S/C24H23FN4O3S/c1-15-20-13-21(33-24(20)29(28-15)14-16-6-8-18(25)9-7-16)23(32)27-11-3-10-26-22(31)17-4-2-5-19(30)12-17/h2,4-9,12-13,30H,3,10-11,14H2,1H3,(H,26,31)(H,27,32). The molecule has 0 aliphatic heterocycles. The Kier molecular flexibility index (Phi) is 6.69. The van der Waals surface area contributed by atoms with E-state index in [4.69, 9.17) is 0 Å². The van der Waals surface area contributed by atoms with E-state index in [0.29, 0.717) is 36.5 Å². The second-order valence-electron chi connectivity index (χ2n) is 7.61. The molecule has 2 aromatic carbocycles. The van der Waals surface area contributed by atoms with Gasteiger partial charge in [0.2, 0.25) is 0 Å². The van der Waals surface area contributed by atoms with Crippen molar-refractivity contribution in [1.29, 1.82) is 0 Å². The molecule has 0 radical (unpaired) electrons. The van der Waals surface area contributed by atoms with Crippen LogP contribution >= 0.6 is 11.3 Å². The number of benzene rings is 2. The zero-order chi connectivity index (χ0) is 23.4. The number of halogens is 1. The maximum absolute atomic E-state index is 13.2. The number of carbonyl (C=O) groups excluding carboxylic acids is 2. The highest BCUT2D eigenvalue weighted by Gasteiger charge is 2.16. The number of aromatic hydroxyl groups is 1. The van der Waals surface area contributed by atoms with Crippen LogP contribution in [0.15, 0.2) is 54.6 Å². The van der Waals surface area contributed by atoms with Gasteiger partial charge < -0.3 is 15.7 Å². The lowest BCUT2D eigenvalue weighted by molar-refractivity contribution is 0.0952. The first-order valence-electron chi connectivity index (χ1n) is 10.5. The minimum atomic E-state index is -0.283. The third-order valence-electron chi connectivity index (χ3n) is 5.11. The molecule has 0 fully saturated rings. The maximum Gasteiger partial charge on any atom is 0.261 e. The van der Waals surface area contributed by atoms with E-state index in [0.717, 1.165) is 21.5 Å². The van der Waals surface area contributed by atoms with Gasteiger partial charge in [-0.15, -0.1) is 11.3 Å². The van der Waals surface area contributed by atoms with E-state index in [1.807, 2.05) is 17.7 Å². The first kappa shape index (κ1) is 22.5. The third kappa shape index (κ3) is 5.38. The van der Waals surface area contributed by atoms with E-state index in [9.17, 15) is 19.1 Å². The van der Waals surface area contributed by atoms with Crippen molar-refractivity contribution in [3.05, 3.63) is 82.1 Å². The summed E-state index contributed by atoms with van der Waals surface area (Å²) < 4.78 is 15.0. The Morgan fingerprint density at radius 3 is 2.52 bits per heavy atom. The molecule has 0 spiro atoms. The monoisotopic (exact) mass is 466 g/mol. The number of fused-ring (bicyclic) bond motifs is 1. The summed E-state index contributed by atoms with van der Waals surface area (Å²) in [6, 6.07) is 14.2. The molecule has 3 N–H and O–H groups in total. The van der Waals surface area contributed by atoms with Crippen molar-refractivity contribution in [3.63, 3.8) is 0 Å². The van der Waals surface area contributed by atoms with E-state index in [2.05, 4.69) is 15.7 Å². The highest BCUT2D eigenvalue weighted by Crippen LogP contribution is 2.29. The van der Waals surface area contributed by atoms with Gasteiger partial charge in [-0.3, -0.25) is 14.3 Å². The van der Waals surface area contributed by atoms with Crippen molar-refractivity contribution in [1.82, 2.24) is 20.4 Å². The summed E-state index contributed by atoms with van der Waals surface area (Å²) in [5, 5.41) is 20.6. The molecule has 170 valence electrons.